The molecule has 0 aliphatic heterocycles. The fourth-order valence-electron chi connectivity index (χ4n) is 1.37. The predicted molar refractivity (Wildman–Crippen MR) is 72.8 cm³/mol. The van der Waals surface area contributed by atoms with Crippen LogP contribution in [0.5, 0.6) is 5.75 Å². The molecule has 0 unspecified atom stereocenters. The summed E-state index contributed by atoms with van der Waals surface area (Å²) in [5, 5.41) is 11.3. The van der Waals surface area contributed by atoms with Gasteiger partial charge in [-0.15, -0.1) is 0 Å². The molecular formula is C13H16ClN3O2. The number of carbonyl (C=O) groups is 1. The van der Waals surface area contributed by atoms with Gasteiger partial charge in [0.25, 0.3) is 5.91 Å². The van der Waals surface area contributed by atoms with Crippen LogP contribution < -0.4 is 15.8 Å². The molecule has 6 heteroatoms. The van der Waals surface area contributed by atoms with Crippen molar-refractivity contribution >= 4 is 17.5 Å². The maximum atomic E-state index is 11.4. The van der Waals surface area contributed by atoms with E-state index < -0.39 is 0 Å². The molecule has 0 saturated heterocycles. The van der Waals surface area contributed by atoms with Crippen LogP contribution >= 0.6 is 11.6 Å². The molecule has 1 amide bonds. The first-order valence-corrected chi connectivity index (χ1v) is 6.24. The van der Waals surface area contributed by atoms with Crippen LogP contribution in [-0.4, -0.2) is 19.1 Å². The van der Waals surface area contributed by atoms with Crippen molar-refractivity contribution < 1.29 is 9.53 Å². The van der Waals surface area contributed by atoms with E-state index in [1.807, 2.05) is 13.0 Å². The number of rotatable bonds is 6. The summed E-state index contributed by atoms with van der Waals surface area (Å²) < 4.78 is 5.30. The van der Waals surface area contributed by atoms with Gasteiger partial charge in [-0.05, 0) is 24.6 Å². The monoisotopic (exact) mass is 281 g/mol. The molecule has 1 atom stereocenters. The van der Waals surface area contributed by atoms with E-state index in [0.717, 1.165) is 5.56 Å². The van der Waals surface area contributed by atoms with Crippen LogP contribution in [0.3, 0.4) is 0 Å². The van der Waals surface area contributed by atoms with Gasteiger partial charge < -0.3 is 15.8 Å². The predicted octanol–water partition coefficient (Wildman–Crippen LogP) is 1.77. The molecule has 1 aromatic rings. The first-order valence-electron chi connectivity index (χ1n) is 5.86. The minimum atomic E-state index is -0.289. The van der Waals surface area contributed by atoms with Crippen LogP contribution in [0.25, 0.3) is 0 Å². The maximum absolute atomic E-state index is 11.4. The Morgan fingerprint density at radius 1 is 1.63 bits per heavy atom. The van der Waals surface area contributed by atoms with Crippen molar-refractivity contribution in [1.82, 2.24) is 5.32 Å². The van der Waals surface area contributed by atoms with Crippen LogP contribution in [0.1, 0.15) is 24.9 Å². The van der Waals surface area contributed by atoms with E-state index in [0.29, 0.717) is 17.3 Å². The van der Waals surface area contributed by atoms with E-state index in [1.54, 1.807) is 18.2 Å². The van der Waals surface area contributed by atoms with E-state index in [-0.39, 0.29) is 25.0 Å². The quantitative estimate of drug-likeness (QED) is 0.778. The largest absolute Gasteiger partial charge is 0.482 e. The van der Waals surface area contributed by atoms with Gasteiger partial charge in [-0.3, -0.25) is 4.79 Å². The summed E-state index contributed by atoms with van der Waals surface area (Å²) in [7, 11) is 0. The Hall–Kier alpha value is -1.77. The number of hydrogen-bond acceptors (Lipinski definition) is 4. The molecule has 3 N–H and O–H groups in total. The molecule has 0 radical (unpaired) electrons. The van der Waals surface area contributed by atoms with Gasteiger partial charge in [0.15, 0.2) is 6.61 Å². The number of nitrogens with zero attached hydrogens (tertiary/aromatic N) is 1. The van der Waals surface area contributed by atoms with Crippen molar-refractivity contribution in [3.63, 3.8) is 0 Å². The van der Waals surface area contributed by atoms with Gasteiger partial charge in [-0.2, -0.15) is 5.26 Å². The lowest BCUT2D eigenvalue weighted by Gasteiger charge is -2.11. The summed E-state index contributed by atoms with van der Waals surface area (Å²) in [6.45, 7) is 2.04. The van der Waals surface area contributed by atoms with Crippen LogP contribution in [-0.2, 0) is 4.79 Å². The molecule has 19 heavy (non-hydrogen) atoms. The average Bonchev–Trinajstić information content (AvgIpc) is 2.37. The summed E-state index contributed by atoms with van der Waals surface area (Å²) in [6, 6.07) is 7.03. The third-order valence-electron chi connectivity index (χ3n) is 2.40. The Balaban J connectivity index is 2.50. The van der Waals surface area contributed by atoms with Gasteiger partial charge in [0.1, 0.15) is 5.75 Å². The molecular weight excluding hydrogens is 266 g/mol. The van der Waals surface area contributed by atoms with Gasteiger partial charge in [-0.1, -0.05) is 17.7 Å². The van der Waals surface area contributed by atoms with Crippen LogP contribution in [0.4, 0.5) is 0 Å². The van der Waals surface area contributed by atoms with Crippen molar-refractivity contribution in [3.05, 3.63) is 28.8 Å². The standard InChI is InChI=1S/C13H16ClN3O2/c1-9(16)10-3-4-12(11(14)7-10)19-8-13(18)17-6-2-5-15/h3-4,7,9H,2,6,8,16H2,1H3,(H,17,18)/t9-/m0/s1. The molecule has 1 rings (SSSR count). The van der Waals surface area contributed by atoms with Crippen LogP contribution in [0.2, 0.25) is 5.02 Å². The molecule has 0 fully saturated rings. The Kier molecular flexibility index (Phi) is 6.13. The van der Waals surface area contributed by atoms with Crippen molar-refractivity contribution in [2.24, 2.45) is 5.73 Å². The highest BCUT2D eigenvalue weighted by Crippen LogP contribution is 2.27. The number of nitrogens with one attached hydrogen (secondary N) is 1. The lowest BCUT2D eigenvalue weighted by molar-refractivity contribution is -0.123. The normalized spacial score (nSPS) is 11.5. The maximum Gasteiger partial charge on any atom is 0.257 e. The van der Waals surface area contributed by atoms with E-state index in [9.17, 15) is 4.79 Å². The molecule has 0 saturated carbocycles. The van der Waals surface area contributed by atoms with Crippen molar-refractivity contribution in [2.75, 3.05) is 13.2 Å². The molecule has 0 aliphatic rings. The Labute approximate surface area is 117 Å². The minimum absolute atomic E-state index is 0.110. The zero-order valence-corrected chi connectivity index (χ0v) is 11.4. The number of nitriles is 1. The first-order chi connectivity index (χ1) is 9.04. The number of nitrogens with two attached hydrogens (primary N) is 1. The highest BCUT2D eigenvalue weighted by Gasteiger charge is 2.08. The summed E-state index contributed by atoms with van der Waals surface area (Å²) in [5.41, 5.74) is 6.63. The molecule has 0 spiro atoms. The Bertz CT molecular complexity index is 483. The highest BCUT2D eigenvalue weighted by molar-refractivity contribution is 6.32. The number of hydrogen-bond donors (Lipinski definition) is 2. The highest BCUT2D eigenvalue weighted by atomic mass is 35.5. The molecule has 0 aliphatic carbocycles. The second-order valence-corrected chi connectivity index (χ2v) is 4.43. The summed E-state index contributed by atoms with van der Waals surface area (Å²) in [6.07, 6.45) is 0.273. The molecule has 102 valence electrons. The third kappa shape index (κ3) is 5.16. The SMILES string of the molecule is C[C@H](N)c1ccc(OCC(=O)NCCC#N)c(Cl)c1. The second kappa shape index (κ2) is 7.62. The molecule has 5 nitrogen and oxygen atoms in total. The fraction of sp³-hybridized carbons (Fsp3) is 0.385. The number of carbonyl (C=O) groups excluding carboxylic acids is 1. The van der Waals surface area contributed by atoms with E-state index >= 15 is 0 Å². The summed E-state index contributed by atoms with van der Waals surface area (Å²) >= 11 is 6.03. The van der Waals surface area contributed by atoms with E-state index in [1.165, 1.54) is 0 Å². The van der Waals surface area contributed by atoms with E-state index in [4.69, 9.17) is 27.3 Å². The van der Waals surface area contributed by atoms with Crippen molar-refractivity contribution in [2.45, 2.75) is 19.4 Å². The van der Waals surface area contributed by atoms with Crippen LogP contribution in [0.15, 0.2) is 18.2 Å². The number of ether oxygens (including phenoxy) is 1. The third-order valence-corrected chi connectivity index (χ3v) is 2.69. The van der Waals surface area contributed by atoms with Crippen LogP contribution in [0, 0.1) is 11.3 Å². The minimum Gasteiger partial charge on any atom is -0.482 e. The molecule has 0 aromatic heterocycles. The smallest absolute Gasteiger partial charge is 0.257 e. The lowest BCUT2D eigenvalue weighted by atomic mass is 10.1. The van der Waals surface area contributed by atoms with Gasteiger partial charge >= 0.3 is 0 Å². The van der Waals surface area contributed by atoms with Gasteiger partial charge in [0, 0.05) is 12.6 Å². The molecule has 1 aromatic carbocycles. The lowest BCUT2D eigenvalue weighted by Crippen LogP contribution is -2.29. The summed E-state index contributed by atoms with van der Waals surface area (Å²) in [5.74, 6) is 0.143. The second-order valence-electron chi connectivity index (χ2n) is 4.03. The number of benzene rings is 1. The Morgan fingerprint density at radius 3 is 2.95 bits per heavy atom. The zero-order chi connectivity index (χ0) is 14.3. The summed E-state index contributed by atoms with van der Waals surface area (Å²) in [4.78, 5) is 11.4. The van der Waals surface area contributed by atoms with Gasteiger partial charge in [0.05, 0.1) is 17.5 Å². The Morgan fingerprint density at radius 2 is 2.37 bits per heavy atom. The number of halogens is 1. The van der Waals surface area contributed by atoms with Gasteiger partial charge in [0.2, 0.25) is 0 Å². The topological polar surface area (TPSA) is 88.1 Å². The van der Waals surface area contributed by atoms with E-state index in [2.05, 4.69) is 5.32 Å². The van der Waals surface area contributed by atoms with Crippen molar-refractivity contribution in [1.29, 1.82) is 5.26 Å². The van der Waals surface area contributed by atoms with Gasteiger partial charge in [-0.25, -0.2) is 0 Å². The van der Waals surface area contributed by atoms with Crippen molar-refractivity contribution in [3.8, 4) is 11.8 Å². The molecule has 0 heterocycles. The average molecular weight is 282 g/mol. The first kappa shape index (κ1) is 15.3. The fourth-order valence-corrected chi connectivity index (χ4v) is 1.61. The zero-order valence-electron chi connectivity index (χ0n) is 10.6. The number of amides is 1. The molecule has 0 bridgehead atoms.